The van der Waals surface area contributed by atoms with Crippen molar-refractivity contribution in [1.29, 1.82) is 0 Å². The molecule has 220 valence electrons. The van der Waals surface area contributed by atoms with Gasteiger partial charge in [0.15, 0.2) is 11.5 Å². The van der Waals surface area contributed by atoms with Crippen LogP contribution in [0.4, 0.5) is 0 Å². The Morgan fingerprint density at radius 3 is 2.48 bits per heavy atom. The molecule has 1 atom stereocenters. The number of nitrogens with zero attached hydrogens (tertiary/aromatic N) is 2. The van der Waals surface area contributed by atoms with E-state index in [1.54, 1.807) is 36.4 Å². The number of morpholine rings is 1. The molecule has 5 rings (SSSR count). The van der Waals surface area contributed by atoms with E-state index < -0.39 is 17.7 Å². The number of methoxy groups -OCH3 is 1. The van der Waals surface area contributed by atoms with Gasteiger partial charge in [0.1, 0.15) is 18.1 Å². The largest absolute Gasteiger partial charge is 0.507 e. The number of aliphatic hydroxyl groups excluding tert-OH is 1. The van der Waals surface area contributed by atoms with Gasteiger partial charge in [0.2, 0.25) is 0 Å². The van der Waals surface area contributed by atoms with Gasteiger partial charge in [-0.05, 0) is 70.4 Å². The number of phenolic OH excluding ortho intramolecular Hbond substituents is 1. The van der Waals surface area contributed by atoms with Gasteiger partial charge in [-0.15, -0.1) is 0 Å². The number of carbonyl (C=O) groups is 2. The average Bonchev–Trinajstić information content (AvgIpc) is 3.25. The van der Waals surface area contributed by atoms with Crippen molar-refractivity contribution in [2.24, 2.45) is 0 Å². The van der Waals surface area contributed by atoms with E-state index in [-0.39, 0.29) is 29.4 Å². The smallest absolute Gasteiger partial charge is 0.295 e. The molecule has 9 nitrogen and oxygen atoms in total. The van der Waals surface area contributed by atoms with E-state index in [9.17, 15) is 19.8 Å². The van der Waals surface area contributed by atoms with Crippen LogP contribution in [0.3, 0.4) is 0 Å². The predicted molar refractivity (Wildman–Crippen MR) is 161 cm³/mol. The highest BCUT2D eigenvalue weighted by molar-refractivity contribution is 9.10. The number of ether oxygens (including phenoxy) is 3. The van der Waals surface area contributed by atoms with Crippen LogP contribution in [0.25, 0.3) is 5.76 Å². The second kappa shape index (κ2) is 13.0. The van der Waals surface area contributed by atoms with E-state index in [1.165, 1.54) is 12.0 Å². The van der Waals surface area contributed by atoms with E-state index in [1.807, 2.05) is 25.1 Å². The maximum absolute atomic E-state index is 13.5. The number of aliphatic hydroxyl groups is 1. The first-order chi connectivity index (χ1) is 20.3. The Labute approximate surface area is 253 Å². The summed E-state index contributed by atoms with van der Waals surface area (Å²) in [6.07, 6.45) is 0. The molecule has 1 amide bonds. The monoisotopic (exact) mass is 636 g/mol. The Balaban J connectivity index is 1.47. The molecule has 42 heavy (non-hydrogen) atoms. The molecular weight excluding hydrogens is 604 g/mol. The van der Waals surface area contributed by atoms with Crippen molar-refractivity contribution < 1.29 is 34.0 Å². The SMILES string of the molecule is COc1cc(C2C(=C(O)c3ccc(OCc4cccc(C)c4)cc3)C(=O)C(=O)N2CCN2CCOCC2)cc(Br)c1O. The maximum Gasteiger partial charge on any atom is 0.295 e. The van der Waals surface area contributed by atoms with E-state index in [0.29, 0.717) is 47.7 Å². The summed E-state index contributed by atoms with van der Waals surface area (Å²) in [6.45, 7) is 5.88. The number of hydrogen-bond donors (Lipinski definition) is 2. The van der Waals surface area contributed by atoms with Gasteiger partial charge in [-0.1, -0.05) is 29.8 Å². The normalized spacial score (nSPS) is 18.8. The lowest BCUT2D eigenvalue weighted by atomic mass is 9.95. The summed E-state index contributed by atoms with van der Waals surface area (Å²) < 4.78 is 17.0. The fraction of sp³-hybridized carbons (Fsp3) is 0.312. The van der Waals surface area contributed by atoms with Gasteiger partial charge in [-0.2, -0.15) is 0 Å². The lowest BCUT2D eigenvalue weighted by Crippen LogP contribution is -2.42. The Kier molecular flexibility index (Phi) is 9.15. The van der Waals surface area contributed by atoms with Gasteiger partial charge in [-0.25, -0.2) is 0 Å². The molecule has 2 aliphatic rings. The standard InChI is InChI=1S/C32H33BrN2O7/c1-20-4-3-5-21(16-20)19-42-24-8-6-22(7-9-24)29(36)27-28(23-17-25(33)30(37)26(18-23)40-2)35(32(39)31(27)38)11-10-34-12-14-41-15-13-34/h3-9,16-18,28,36-37H,10-15,19H2,1-2H3. The lowest BCUT2D eigenvalue weighted by Gasteiger charge is -2.31. The van der Waals surface area contributed by atoms with Crippen molar-refractivity contribution >= 4 is 33.4 Å². The number of aromatic hydroxyl groups is 1. The number of likely N-dealkylation sites (tertiary alicyclic amines) is 1. The zero-order valence-electron chi connectivity index (χ0n) is 23.5. The number of benzene rings is 3. The van der Waals surface area contributed by atoms with Gasteiger partial charge in [-0.3, -0.25) is 14.5 Å². The van der Waals surface area contributed by atoms with Crippen LogP contribution >= 0.6 is 15.9 Å². The fourth-order valence-electron chi connectivity index (χ4n) is 5.27. The number of hydrogen-bond acceptors (Lipinski definition) is 8. The third-order valence-corrected chi connectivity index (χ3v) is 8.11. The third-order valence-electron chi connectivity index (χ3n) is 7.50. The number of halogens is 1. The Morgan fingerprint density at radius 2 is 1.79 bits per heavy atom. The molecular formula is C32H33BrN2O7. The van der Waals surface area contributed by atoms with E-state index in [4.69, 9.17) is 14.2 Å². The molecule has 0 spiro atoms. The number of ketones is 1. The quantitative estimate of drug-likeness (QED) is 0.196. The molecule has 2 aliphatic heterocycles. The number of phenols is 1. The number of aryl methyl sites for hydroxylation is 1. The molecule has 1 unspecified atom stereocenters. The van der Waals surface area contributed by atoms with E-state index in [2.05, 4.69) is 26.9 Å². The Hall–Kier alpha value is -3.86. The number of Topliss-reactive ketones (excluding diaryl/α,β-unsaturated/α-hetero) is 1. The molecule has 0 aromatic heterocycles. The number of amides is 1. The van der Waals surface area contributed by atoms with Crippen molar-refractivity contribution in [3.63, 3.8) is 0 Å². The van der Waals surface area contributed by atoms with Crippen molar-refractivity contribution in [1.82, 2.24) is 9.80 Å². The topological polar surface area (TPSA) is 109 Å². The van der Waals surface area contributed by atoms with Crippen LogP contribution in [0.15, 0.2) is 70.7 Å². The average molecular weight is 638 g/mol. The second-order valence-corrected chi connectivity index (χ2v) is 11.2. The molecule has 0 bridgehead atoms. The molecule has 10 heteroatoms. The molecule has 2 saturated heterocycles. The lowest BCUT2D eigenvalue weighted by molar-refractivity contribution is -0.140. The van der Waals surface area contributed by atoms with Crippen LogP contribution in [0.1, 0.15) is 28.3 Å². The van der Waals surface area contributed by atoms with Crippen molar-refractivity contribution in [2.75, 3.05) is 46.5 Å². The first-order valence-electron chi connectivity index (χ1n) is 13.7. The molecule has 2 heterocycles. The highest BCUT2D eigenvalue weighted by Gasteiger charge is 2.46. The van der Waals surface area contributed by atoms with Gasteiger partial charge >= 0.3 is 0 Å². The van der Waals surface area contributed by atoms with E-state index >= 15 is 0 Å². The molecule has 0 saturated carbocycles. The molecule has 2 fully saturated rings. The van der Waals surface area contributed by atoms with Gasteiger partial charge in [0.25, 0.3) is 11.7 Å². The fourth-order valence-corrected chi connectivity index (χ4v) is 5.73. The summed E-state index contributed by atoms with van der Waals surface area (Å²) >= 11 is 3.35. The van der Waals surface area contributed by atoms with Crippen LogP contribution in [0, 0.1) is 6.92 Å². The minimum Gasteiger partial charge on any atom is -0.507 e. The zero-order chi connectivity index (χ0) is 29.8. The molecule has 2 N–H and O–H groups in total. The summed E-state index contributed by atoms with van der Waals surface area (Å²) in [5, 5.41) is 21.9. The first-order valence-corrected chi connectivity index (χ1v) is 14.5. The summed E-state index contributed by atoms with van der Waals surface area (Å²) in [5.41, 5.74) is 3.03. The summed E-state index contributed by atoms with van der Waals surface area (Å²) in [6, 6.07) is 17.1. The predicted octanol–water partition coefficient (Wildman–Crippen LogP) is 4.80. The van der Waals surface area contributed by atoms with Gasteiger partial charge < -0.3 is 29.3 Å². The second-order valence-electron chi connectivity index (χ2n) is 10.3. The summed E-state index contributed by atoms with van der Waals surface area (Å²) in [5.74, 6) is -1.09. The Morgan fingerprint density at radius 1 is 1.05 bits per heavy atom. The minimum atomic E-state index is -0.894. The van der Waals surface area contributed by atoms with Crippen LogP contribution in [0.2, 0.25) is 0 Å². The van der Waals surface area contributed by atoms with E-state index in [0.717, 1.165) is 24.2 Å². The summed E-state index contributed by atoms with van der Waals surface area (Å²) in [7, 11) is 1.42. The summed E-state index contributed by atoms with van der Waals surface area (Å²) in [4.78, 5) is 30.5. The van der Waals surface area contributed by atoms with Crippen LogP contribution in [0.5, 0.6) is 17.2 Å². The van der Waals surface area contributed by atoms with Gasteiger partial charge in [0, 0.05) is 31.7 Å². The Bertz CT molecular complexity index is 1500. The number of rotatable bonds is 9. The van der Waals surface area contributed by atoms with Crippen molar-refractivity contribution in [3.05, 3.63) is 93.0 Å². The third kappa shape index (κ3) is 6.30. The molecule has 3 aromatic carbocycles. The zero-order valence-corrected chi connectivity index (χ0v) is 25.1. The maximum atomic E-state index is 13.5. The molecule has 3 aromatic rings. The van der Waals surface area contributed by atoms with Gasteiger partial charge in [0.05, 0.1) is 36.4 Å². The van der Waals surface area contributed by atoms with Crippen LogP contribution in [-0.4, -0.2) is 78.2 Å². The highest BCUT2D eigenvalue weighted by atomic mass is 79.9. The molecule has 0 radical (unpaired) electrons. The van der Waals surface area contributed by atoms with Crippen molar-refractivity contribution in [3.8, 4) is 17.2 Å². The highest BCUT2D eigenvalue weighted by Crippen LogP contribution is 2.44. The number of carbonyl (C=O) groups excluding carboxylic acids is 2. The van der Waals surface area contributed by atoms with Crippen LogP contribution in [-0.2, 0) is 20.9 Å². The van der Waals surface area contributed by atoms with Crippen LogP contribution < -0.4 is 9.47 Å². The first kappa shape index (κ1) is 29.6. The molecule has 0 aliphatic carbocycles. The minimum absolute atomic E-state index is 0.0324. The van der Waals surface area contributed by atoms with Crippen molar-refractivity contribution in [2.45, 2.75) is 19.6 Å².